The van der Waals surface area contributed by atoms with Crippen LogP contribution in [0.1, 0.15) is 34.1 Å². The Morgan fingerprint density at radius 1 is 1.29 bits per heavy atom. The summed E-state index contributed by atoms with van der Waals surface area (Å²) in [7, 11) is 0.316. The molecule has 0 aromatic carbocycles. The van der Waals surface area contributed by atoms with Crippen LogP contribution in [-0.4, -0.2) is 35.0 Å². The average Bonchev–Trinajstić information content (AvgIpc) is 2.22. The van der Waals surface area contributed by atoms with Gasteiger partial charge in [0.1, 0.15) is 6.10 Å². The summed E-state index contributed by atoms with van der Waals surface area (Å²) in [5, 5.41) is 0. The number of primary amides is 1. The molecule has 0 heterocycles. The topological polar surface area (TPSA) is 70.8 Å². The summed E-state index contributed by atoms with van der Waals surface area (Å²) in [5.74, 6) is -0.487. The van der Waals surface area contributed by atoms with E-state index in [1.165, 1.54) is 0 Å². The molecule has 0 aromatic heterocycles. The van der Waals surface area contributed by atoms with Crippen LogP contribution in [-0.2, 0) is 18.1 Å². The molecule has 0 aliphatic rings. The molecular weight excluding hydrogens is 238 g/mol. The second-order valence-electron chi connectivity index (χ2n) is 5.11. The molecule has 1 unspecified atom stereocenters. The molecule has 0 fully saturated rings. The zero-order valence-electron chi connectivity index (χ0n) is 11.7. The molecule has 102 valence electrons. The van der Waals surface area contributed by atoms with E-state index in [1.807, 2.05) is 27.7 Å². The fraction of sp³-hybridized carbons (Fsp3) is 0.909. The van der Waals surface area contributed by atoms with E-state index in [-0.39, 0.29) is 5.41 Å². The number of rotatable bonds is 7. The molecule has 1 atom stereocenters. The number of hydrogen-bond acceptors (Lipinski definition) is 4. The van der Waals surface area contributed by atoms with E-state index in [9.17, 15) is 4.79 Å². The van der Waals surface area contributed by atoms with Gasteiger partial charge in [0.15, 0.2) is 0 Å². The minimum absolute atomic E-state index is 0.380. The molecule has 0 spiro atoms. The van der Waals surface area contributed by atoms with Gasteiger partial charge in [-0.3, -0.25) is 4.79 Å². The number of amides is 1. The predicted molar refractivity (Wildman–Crippen MR) is 68.4 cm³/mol. The normalized spacial score (nSPS) is 14.7. The molecule has 0 saturated heterocycles. The van der Waals surface area contributed by atoms with Gasteiger partial charge in [-0.25, -0.2) is 0 Å². The van der Waals surface area contributed by atoms with Crippen molar-refractivity contribution in [1.29, 1.82) is 0 Å². The number of hydrogen-bond donors (Lipinski definition) is 1. The smallest absolute Gasteiger partial charge is 0.377 e. The second kappa shape index (κ2) is 6.49. The lowest BCUT2D eigenvalue weighted by Gasteiger charge is -2.35. The van der Waals surface area contributed by atoms with Gasteiger partial charge in [0.25, 0.3) is 0 Å². The van der Waals surface area contributed by atoms with Crippen LogP contribution < -0.4 is 5.73 Å². The van der Waals surface area contributed by atoms with Gasteiger partial charge in [-0.1, -0.05) is 34.1 Å². The first-order chi connectivity index (χ1) is 7.72. The maximum Gasteiger partial charge on any atom is 0.501 e. The van der Waals surface area contributed by atoms with Crippen LogP contribution in [0.25, 0.3) is 0 Å². The Balaban J connectivity index is 4.99. The quantitative estimate of drug-likeness (QED) is 0.707. The summed E-state index contributed by atoms with van der Waals surface area (Å²) in [6, 6.07) is 0.667. The molecule has 5 nitrogen and oxygen atoms in total. The van der Waals surface area contributed by atoms with Gasteiger partial charge < -0.3 is 19.0 Å². The lowest BCUT2D eigenvalue weighted by Crippen LogP contribution is -2.53. The van der Waals surface area contributed by atoms with E-state index >= 15 is 0 Å². The van der Waals surface area contributed by atoms with Crippen molar-refractivity contribution in [2.45, 2.75) is 46.3 Å². The molecule has 6 heteroatoms. The van der Waals surface area contributed by atoms with Crippen LogP contribution in [0.2, 0.25) is 6.04 Å². The Hall–Kier alpha value is -0.433. The van der Waals surface area contributed by atoms with Crippen molar-refractivity contribution in [1.82, 2.24) is 0 Å². The molecule has 0 radical (unpaired) electrons. The molecule has 0 saturated carbocycles. The summed E-state index contributed by atoms with van der Waals surface area (Å²) < 4.78 is 16.6. The Kier molecular flexibility index (Phi) is 6.32. The maximum atomic E-state index is 11.5. The number of nitrogens with two attached hydrogens (primary N) is 1. The van der Waals surface area contributed by atoms with E-state index in [1.54, 1.807) is 14.2 Å². The third kappa shape index (κ3) is 4.75. The Morgan fingerprint density at radius 2 is 1.76 bits per heavy atom. The van der Waals surface area contributed by atoms with E-state index in [0.717, 1.165) is 6.42 Å². The Labute approximate surface area is 105 Å². The van der Waals surface area contributed by atoms with Gasteiger partial charge in [-0.2, -0.15) is 0 Å². The average molecular weight is 263 g/mol. The van der Waals surface area contributed by atoms with Crippen molar-refractivity contribution in [3.8, 4) is 0 Å². The van der Waals surface area contributed by atoms with Crippen LogP contribution in [0.15, 0.2) is 0 Å². The first kappa shape index (κ1) is 16.6. The van der Waals surface area contributed by atoms with Gasteiger partial charge in [0.05, 0.1) is 0 Å². The lowest BCUT2D eigenvalue weighted by atomic mass is 9.89. The Morgan fingerprint density at radius 3 is 2.00 bits per heavy atom. The molecular formula is C11H25NO4Si. The molecule has 17 heavy (non-hydrogen) atoms. The summed E-state index contributed by atoms with van der Waals surface area (Å²) in [4.78, 5) is 11.5. The minimum Gasteiger partial charge on any atom is -0.377 e. The first-order valence-electron chi connectivity index (χ1n) is 5.80. The van der Waals surface area contributed by atoms with E-state index in [0.29, 0.717) is 6.04 Å². The van der Waals surface area contributed by atoms with Crippen LogP contribution in [0, 0.1) is 5.41 Å². The van der Waals surface area contributed by atoms with Gasteiger partial charge in [-0.15, -0.1) is 0 Å². The van der Waals surface area contributed by atoms with Crippen molar-refractivity contribution in [3.05, 3.63) is 0 Å². The minimum atomic E-state index is -2.78. The van der Waals surface area contributed by atoms with E-state index < -0.39 is 20.8 Å². The third-order valence-corrected chi connectivity index (χ3v) is 5.47. The van der Waals surface area contributed by atoms with Gasteiger partial charge >= 0.3 is 8.80 Å². The number of carbonyl (C=O) groups excluding carboxylic acids is 1. The molecule has 0 aliphatic carbocycles. The zero-order valence-corrected chi connectivity index (χ0v) is 12.7. The van der Waals surface area contributed by atoms with Crippen molar-refractivity contribution in [3.63, 3.8) is 0 Å². The largest absolute Gasteiger partial charge is 0.501 e. The highest BCUT2D eigenvalue weighted by atomic mass is 28.4. The fourth-order valence-electron chi connectivity index (χ4n) is 1.59. The van der Waals surface area contributed by atoms with Crippen molar-refractivity contribution in [2.24, 2.45) is 11.1 Å². The van der Waals surface area contributed by atoms with Crippen LogP contribution in [0.5, 0.6) is 0 Å². The van der Waals surface area contributed by atoms with Crippen LogP contribution in [0.3, 0.4) is 0 Å². The third-order valence-electron chi connectivity index (χ3n) is 2.52. The van der Waals surface area contributed by atoms with Crippen LogP contribution in [0.4, 0.5) is 0 Å². The van der Waals surface area contributed by atoms with E-state index in [4.69, 9.17) is 19.0 Å². The molecule has 0 bridgehead atoms. The highest BCUT2D eigenvalue weighted by Gasteiger charge is 2.45. The SMILES string of the molecule is CCC[Si](OC)(OC)OC(C(N)=O)C(C)(C)C. The summed E-state index contributed by atoms with van der Waals surface area (Å²) in [6.07, 6.45) is 0.157. The highest BCUT2D eigenvalue weighted by Crippen LogP contribution is 2.27. The van der Waals surface area contributed by atoms with Crippen molar-refractivity contribution >= 4 is 14.7 Å². The standard InChI is InChI=1S/C11H25NO4Si/c1-7-8-17(14-5,15-6)16-9(10(12)13)11(2,3)4/h9H,7-8H2,1-6H3,(H2,12,13). The summed E-state index contributed by atoms with van der Waals surface area (Å²) >= 11 is 0. The van der Waals surface area contributed by atoms with Gasteiger partial charge in [0, 0.05) is 20.3 Å². The van der Waals surface area contributed by atoms with Crippen molar-refractivity contribution < 1.29 is 18.1 Å². The van der Waals surface area contributed by atoms with Gasteiger partial charge in [0.2, 0.25) is 5.91 Å². The maximum absolute atomic E-state index is 11.5. The fourth-order valence-corrected chi connectivity index (χ4v) is 3.92. The lowest BCUT2D eigenvalue weighted by molar-refractivity contribution is -0.132. The predicted octanol–water partition coefficient (Wildman–Crippen LogP) is 1.54. The monoisotopic (exact) mass is 263 g/mol. The molecule has 0 rings (SSSR count). The van der Waals surface area contributed by atoms with E-state index in [2.05, 4.69) is 0 Å². The molecule has 2 N–H and O–H groups in total. The van der Waals surface area contributed by atoms with Crippen molar-refractivity contribution in [2.75, 3.05) is 14.2 Å². The van der Waals surface area contributed by atoms with Crippen LogP contribution >= 0.6 is 0 Å². The Bertz CT molecular complexity index is 248. The highest BCUT2D eigenvalue weighted by molar-refractivity contribution is 6.60. The molecule has 1 amide bonds. The number of carbonyl (C=O) groups is 1. The summed E-state index contributed by atoms with van der Waals surface area (Å²) in [5.41, 5.74) is 5.00. The molecule has 0 aliphatic heterocycles. The molecule has 0 aromatic rings. The second-order valence-corrected chi connectivity index (χ2v) is 8.03. The van der Waals surface area contributed by atoms with Gasteiger partial charge in [-0.05, 0) is 5.41 Å². The zero-order chi connectivity index (χ0) is 13.7. The summed E-state index contributed by atoms with van der Waals surface area (Å²) in [6.45, 7) is 7.72. The first-order valence-corrected chi connectivity index (χ1v) is 7.73.